The summed E-state index contributed by atoms with van der Waals surface area (Å²) in [6.45, 7) is 1.06. The Hall–Kier alpha value is -2.42. The van der Waals surface area contributed by atoms with Gasteiger partial charge in [-0.15, -0.1) is 0 Å². The van der Waals surface area contributed by atoms with Crippen LogP contribution in [-0.2, 0) is 11.5 Å². The first-order valence-corrected chi connectivity index (χ1v) is 13.1. The minimum Gasteiger partial charge on any atom is -0.490 e. The molecule has 4 nitrogen and oxygen atoms in total. The van der Waals surface area contributed by atoms with Gasteiger partial charge >= 0.3 is 12.1 Å². The van der Waals surface area contributed by atoms with E-state index in [0.717, 1.165) is 12.8 Å². The molecule has 3 unspecified atom stereocenters. The molecule has 3 atom stereocenters. The summed E-state index contributed by atoms with van der Waals surface area (Å²) in [4.78, 5) is 13.8. The highest BCUT2D eigenvalue weighted by atomic mass is 19.4. The number of carbonyl (C=O) groups is 1. The van der Waals surface area contributed by atoms with Gasteiger partial charge in [0.05, 0.1) is 17.9 Å². The largest absolute Gasteiger partial charge is 0.490 e. The van der Waals surface area contributed by atoms with Crippen LogP contribution in [0.1, 0.15) is 75.5 Å². The van der Waals surface area contributed by atoms with Crippen LogP contribution >= 0.6 is 0 Å². The zero-order valence-corrected chi connectivity index (χ0v) is 20.7. The third-order valence-electron chi connectivity index (χ3n) is 8.81. The first kappa shape index (κ1) is 26.2. The van der Waals surface area contributed by atoms with Gasteiger partial charge in [0.2, 0.25) is 0 Å². The Morgan fingerprint density at radius 1 is 1.08 bits per heavy atom. The number of carboxylic acids is 1. The number of nitrogens with zero attached hydrogens (tertiary/aromatic N) is 1. The molecule has 0 radical (unpaired) electrons. The number of hydrogen-bond donors (Lipinski definition) is 1. The highest BCUT2D eigenvalue weighted by Gasteiger charge is 2.45. The number of alkyl halides is 4. The molecule has 2 heterocycles. The van der Waals surface area contributed by atoms with Crippen LogP contribution < -0.4 is 4.74 Å². The predicted octanol–water partition coefficient (Wildman–Crippen LogP) is 7.34. The minimum absolute atomic E-state index is 0.0134. The van der Waals surface area contributed by atoms with Crippen molar-refractivity contribution in [3.8, 4) is 5.75 Å². The van der Waals surface area contributed by atoms with Crippen molar-refractivity contribution in [2.75, 3.05) is 0 Å². The monoisotopic (exact) mass is 525 g/mol. The van der Waals surface area contributed by atoms with E-state index in [9.17, 15) is 27.5 Å². The Bertz CT molecular complexity index is 1150. The maximum absolute atomic E-state index is 15.3. The fraction of sp³-hybridized carbons (Fsp3) is 0.607. The molecule has 2 bridgehead atoms. The molecule has 3 aliphatic rings. The molecule has 9 heteroatoms. The summed E-state index contributed by atoms with van der Waals surface area (Å²) in [7, 11) is 0. The third kappa shape index (κ3) is 5.03. The van der Waals surface area contributed by atoms with Gasteiger partial charge < -0.3 is 9.84 Å². The van der Waals surface area contributed by atoms with E-state index in [0.29, 0.717) is 29.2 Å². The Labute approximate surface area is 212 Å². The summed E-state index contributed by atoms with van der Waals surface area (Å²) in [5.74, 6) is -2.60. The summed E-state index contributed by atoms with van der Waals surface area (Å²) >= 11 is 0. The van der Waals surface area contributed by atoms with E-state index >= 15 is 4.39 Å². The van der Waals surface area contributed by atoms with Crippen LogP contribution in [0.2, 0.25) is 0 Å². The van der Waals surface area contributed by atoms with Gasteiger partial charge in [-0.25, -0.2) is 8.78 Å². The zero-order valence-electron chi connectivity index (χ0n) is 20.7. The normalized spacial score (nSPS) is 29.4. The smallest absolute Gasteiger partial charge is 0.391 e. The van der Waals surface area contributed by atoms with Crippen molar-refractivity contribution in [3.63, 3.8) is 0 Å². The second kappa shape index (κ2) is 10.0. The maximum atomic E-state index is 15.3. The molecule has 2 saturated heterocycles. The second-order valence-electron chi connectivity index (χ2n) is 10.9. The van der Waals surface area contributed by atoms with E-state index in [4.69, 9.17) is 4.74 Å². The highest BCUT2D eigenvalue weighted by molar-refractivity contribution is 5.88. The predicted molar refractivity (Wildman–Crippen MR) is 129 cm³/mol. The average molecular weight is 526 g/mol. The third-order valence-corrected chi connectivity index (χ3v) is 8.81. The van der Waals surface area contributed by atoms with Crippen molar-refractivity contribution in [3.05, 3.63) is 41.2 Å². The number of carboxylic acid groups (broad SMARTS) is 1. The molecule has 3 fully saturated rings. The summed E-state index contributed by atoms with van der Waals surface area (Å²) in [5, 5.41) is 10.5. The van der Waals surface area contributed by atoms with E-state index in [1.54, 1.807) is 18.2 Å². The molecule has 5 rings (SSSR count). The van der Waals surface area contributed by atoms with Crippen molar-refractivity contribution in [2.45, 2.75) is 95.4 Å². The maximum Gasteiger partial charge on any atom is 0.391 e. The van der Waals surface area contributed by atoms with Crippen LogP contribution in [0, 0.1) is 17.7 Å². The number of aliphatic carboxylic acids is 1. The number of fused-ring (bicyclic) bond motifs is 3. The van der Waals surface area contributed by atoms with Gasteiger partial charge in [-0.2, -0.15) is 13.2 Å². The van der Waals surface area contributed by atoms with Gasteiger partial charge in [-0.05, 0) is 87.3 Å². The Kier molecular flexibility index (Phi) is 7.11. The van der Waals surface area contributed by atoms with Gasteiger partial charge in [0.25, 0.3) is 0 Å². The van der Waals surface area contributed by atoms with E-state index < -0.39 is 36.7 Å². The van der Waals surface area contributed by atoms with Gasteiger partial charge in [0.1, 0.15) is 18.2 Å². The van der Waals surface area contributed by atoms with Crippen molar-refractivity contribution in [1.29, 1.82) is 0 Å². The number of piperidine rings is 1. The molecule has 1 N–H and O–H groups in total. The lowest BCUT2D eigenvalue weighted by atomic mass is 9.87. The molecule has 1 aliphatic carbocycles. The summed E-state index contributed by atoms with van der Waals surface area (Å²) in [6.07, 6.45) is -1.35. The Morgan fingerprint density at radius 3 is 2.30 bits per heavy atom. The van der Waals surface area contributed by atoms with Crippen LogP contribution in [-0.4, -0.2) is 40.3 Å². The molecular weight excluding hydrogens is 493 g/mol. The van der Waals surface area contributed by atoms with E-state index in [2.05, 4.69) is 4.90 Å². The molecule has 202 valence electrons. The first-order chi connectivity index (χ1) is 17.6. The lowest BCUT2D eigenvalue weighted by Gasteiger charge is -2.41. The molecule has 37 heavy (non-hydrogen) atoms. The van der Waals surface area contributed by atoms with Crippen LogP contribution in [0.15, 0.2) is 24.3 Å². The van der Waals surface area contributed by atoms with E-state index in [1.807, 2.05) is 6.92 Å². The lowest BCUT2D eigenvalue weighted by molar-refractivity contribution is -0.185. The standard InChI is InChI=1S/C28H32F5NO3/c1-15(34-19-5-6-20(34)11-17(10-19)27(35)36)22-13-23-16(12-25(22)30)2-9-26(24(23)14-29)37-21-7-3-18(4-8-21)28(31,32)33/h2,9,12-13,15,17-21H,3-8,10-11,14H2,1H3,(H,35,36). The van der Waals surface area contributed by atoms with Crippen molar-refractivity contribution in [1.82, 2.24) is 4.90 Å². The summed E-state index contributed by atoms with van der Waals surface area (Å²) in [5.41, 5.74) is 0.701. The van der Waals surface area contributed by atoms with Gasteiger partial charge in [-0.1, -0.05) is 6.07 Å². The van der Waals surface area contributed by atoms with Gasteiger partial charge in [-0.3, -0.25) is 9.69 Å². The van der Waals surface area contributed by atoms with Crippen molar-refractivity contribution in [2.24, 2.45) is 11.8 Å². The molecule has 0 aromatic heterocycles. The number of halogens is 5. The highest BCUT2D eigenvalue weighted by Crippen LogP contribution is 2.45. The Balaban J connectivity index is 1.40. The van der Waals surface area contributed by atoms with Gasteiger partial charge in [0.15, 0.2) is 0 Å². The lowest BCUT2D eigenvalue weighted by Crippen LogP contribution is -2.46. The summed E-state index contributed by atoms with van der Waals surface area (Å²) in [6, 6.07) is 6.10. The molecule has 2 aliphatic heterocycles. The molecule has 1 saturated carbocycles. The van der Waals surface area contributed by atoms with Crippen LogP contribution in [0.5, 0.6) is 5.75 Å². The van der Waals surface area contributed by atoms with Crippen LogP contribution in [0.4, 0.5) is 22.0 Å². The number of rotatable bonds is 6. The molecule has 2 aromatic carbocycles. The van der Waals surface area contributed by atoms with E-state index in [-0.39, 0.29) is 61.0 Å². The fourth-order valence-corrected chi connectivity index (χ4v) is 6.87. The number of ether oxygens (including phenoxy) is 1. The SMILES string of the molecule is CC(c1cc2c(CF)c(OC3CCC(C(F)(F)F)CC3)ccc2cc1F)N1C2CCC1CC(C(=O)O)C2. The van der Waals surface area contributed by atoms with E-state index in [1.165, 1.54) is 6.07 Å². The number of benzene rings is 2. The molecule has 2 aromatic rings. The molecule has 0 amide bonds. The van der Waals surface area contributed by atoms with Crippen molar-refractivity contribution >= 4 is 16.7 Å². The topological polar surface area (TPSA) is 49.8 Å². The minimum atomic E-state index is -4.21. The van der Waals surface area contributed by atoms with Crippen molar-refractivity contribution < 1.29 is 36.6 Å². The molecular formula is C28H32F5NO3. The van der Waals surface area contributed by atoms with Crippen LogP contribution in [0.25, 0.3) is 10.8 Å². The zero-order chi connectivity index (χ0) is 26.5. The van der Waals surface area contributed by atoms with Gasteiger partial charge in [0, 0.05) is 29.3 Å². The molecule has 0 spiro atoms. The quantitative estimate of drug-likeness (QED) is 0.401. The van der Waals surface area contributed by atoms with Crippen LogP contribution in [0.3, 0.4) is 0 Å². The fourth-order valence-electron chi connectivity index (χ4n) is 6.87. The first-order valence-electron chi connectivity index (χ1n) is 13.1. The summed E-state index contributed by atoms with van der Waals surface area (Å²) < 4.78 is 74.7. The average Bonchev–Trinajstić information content (AvgIpc) is 3.11. The second-order valence-corrected chi connectivity index (χ2v) is 10.9. The Morgan fingerprint density at radius 2 is 1.73 bits per heavy atom. The number of hydrogen-bond acceptors (Lipinski definition) is 3.